The first-order valence-corrected chi connectivity index (χ1v) is 6.41. The third kappa shape index (κ3) is 6.05. The molecule has 0 saturated carbocycles. The minimum atomic E-state index is -0.622. The molecule has 0 aromatic carbocycles. The minimum absolute atomic E-state index is 0.0829. The van der Waals surface area contributed by atoms with Crippen molar-refractivity contribution in [3.05, 3.63) is 35.0 Å². The van der Waals surface area contributed by atoms with Gasteiger partial charge in [0.15, 0.2) is 0 Å². The molecule has 0 radical (unpaired) electrons. The molecule has 2 N–H and O–H groups in total. The summed E-state index contributed by atoms with van der Waals surface area (Å²) in [7, 11) is 0. The second-order valence-corrected chi connectivity index (χ2v) is 4.45. The Bertz CT molecular complexity index is 390. The Morgan fingerprint density at radius 2 is 2.28 bits per heavy atom. The molecule has 0 aliphatic rings. The number of hydrogen-bond acceptors (Lipinski definition) is 4. The molecule has 98 valence electrons. The first-order valence-electron chi connectivity index (χ1n) is 5.53. The summed E-state index contributed by atoms with van der Waals surface area (Å²) in [5, 5.41) is 7.05. The van der Waals surface area contributed by atoms with Crippen molar-refractivity contribution >= 4 is 23.3 Å². The van der Waals surface area contributed by atoms with Crippen molar-refractivity contribution in [2.45, 2.75) is 6.42 Å². The van der Waals surface area contributed by atoms with Crippen molar-refractivity contribution in [2.24, 2.45) is 0 Å². The highest BCUT2D eigenvalue weighted by Gasteiger charge is 2.05. The highest BCUT2D eigenvalue weighted by Crippen LogP contribution is 2.07. The number of thiophene rings is 1. The van der Waals surface area contributed by atoms with Crippen LogP contribution in [0.4, 0.5) is 4.79 Å². The molecule has 5 nitrogen and oxygen atoms in total. The van der Waals surface area contributed by atoms with Crippen LogP contribution in [-0.4, -0.2) is 31.7 Å². The van der Waals surface area contributed by atoms with Gasteiger partial charge >= 0.3 is 6.09 Å². The first kappa shape index (κ1) is 14.2. The number of rotatable bonds is 7. The number of carbonyl (C=O) groups excluding carboxylic acids is 2. The molecule has 6 heteroatoms. The number of alkyl carbamates (subject to hydrolysis) is 1. The molecule has 0 saturated heterocycles. The summed E-state index contributed by atoms with van der Waals surface area (Å²) in [6, 6.07) is 3.99. The van der Waals surface area contributed by atoms with Crippen LogP contribution in [-0.2, 0) is 16.0 Å². The standard InChI is InChI=1S/C12H16N2O3S/c1-2-7-17-12(16)14-9-11(15)13-6-5-10-4-3-8-18-10/h2-4,8H,1,5-7,9H2,(H,13,15)(H,14,16). The lowest BCUT2D eigenvalue weighted by Gasteiger charge is -2.06. The van der Waals surface area contributed by atoms with E-state index >= 15 is 0 Å². The smallest absolute Gasteiger partial charge is 0.407 e. The van der Waals surface area contributed by atoms with E-state index in [2.05, 4.69) is 21.9 Å². The number of amides is 2. The molecule has 0 bridgehead atoms. The fourth-order valence-electron chi connectivity index (χ4n) is 1.18. The molecule has 1 aromatic rings. The lowest BCUT2D eigenvalue weighted by Crippen LogP contribution is -2.37. The van der Waals surface area contributed by atoms with Crippen LogP contribution in [0.25, 0.3) is 0 Å². The van der Waals surface area contributed by atoms with Gasteiger partial charge in [-0.3, -0.25) is 4.79 Å². The second-order valence-electron chi connectivity index (χ2n) is 3.42. The van der Waals surface area contributed by atoms with Crippen molar-refractivity contribution in [1.29, 1.82) is 0 Å². The fraction of sp³-hybridized carbons (Fsp3) is 0.333. The minimum Gasteiger partial charge on any atom is -0.445 e. The Hall–Kier alpha value is -1.82. The molecule has 0 aliphatic heterocycles. The van der Waals surface area contributed by atoms with Crippen molar-refractivity contribution in [3.8, 4) is 0 Å². The van der Waals surface area contributed by atoms with Crippen LogP contribution in [0.15, 0.2) is 30.2 Å². The summed E-state index contributed by atoms with van der Waals surface area (Å²) in [4.78, 5) is 23.6. The van der Waals surface area contributed by atoms with E-state index in [0.29, 0.717) is 6.54 Å². The quantitative estimate of drug-likeness (QED) is 0.733. The van der Waals surface area contributed by atoms with Gasteiger partial charge in [0.2, 0.25) is 5.91 Å². The lowest BCUT2D eigenvalue weighted by atomic mass is 10.3. The monoisotopic (exact) mass is 268 g/mol. The van der Waals surface area contributed by atoms with E-state index in [4.69, 9.17) is 0 Å². The van der Waals surface area contributed by atoms with Gasteiger partial charge in [0.25, 0.3) is 0 Å². The van der Waals surface area contributed by atoms with Crippen LogP contribution < -0.4 is 10.6 Å². The van der Waals surface area contributed by atoms with E-state index in [-0.39, 0.29) is 19.1 Å². The summed E-state index contributed by atoms with van der Waals surface area (Å²) in [6.07, 6.45) is 1.63. The average molecular weight is 268 g/mol. The molecule has 0 spiro atoms. The third-order valence-electron chi connectivity index (χ3n) is 2.00. The fourth-order valence-corrected chi connectivity index (χ4v) is 1.89. The van der Waals surface area contributed by atoms with Gasteiger partial charge < -0.3 is 15.4 Å². The molecular weight excluding hydrogens is 252 g/mol. The zero-order valence-electron chi connectivity index (χ0n) is 9.98. The largest absolute Gasteiger partial charge is 0.445 e. The van der Waals surface area contributed by atoms with Crippen LogP contribution in [0.1, 0.15) is 4.88 Å². The van der Waals surface area contributed by atoms with Gasteiger partial charge in [-0.2, -0.15) is 0 Å². The molecule has 1 rings (SSSR count). The molecule has 0 aliphatic carbocycles. The zero-order valence-corrected chi connectivity index (χ0v) is 10.8. The van der Waals surface area contributed by atoms with Gasteiger partial charge in [-0.15, -0.1) is 11.3 Å². The number of hydrogen-bond donors (Lipinski definition) is 2. The summed E-state index contributed by atoms with van der Waals surface area (Å²) in [6.45, 7) is 4.02. The molecule has 18 heavy (non-hydrogen) atoms. The maximum atomic E-state index is 11.4. The highest BCUT2D eigenvalue weighted by molar-refractivity contribution is 7.09. The normalized spacial score (nSPS) is 9.56. The van der Waals surface area contributed by atoms with E-state index in [1.165, 1.54) is 11.0 Å². The number of nitrogens with one attached hydrogen (secondary N) is 2. The van der Waals surface area contributed by atoms with Gasteiger partial charge in [-0.25, -0.2) is 4.79 Å². The van der Waals surface area contributed by atoms with Crippen LogP contribution >= 0.6 is 11.3 Å². The Morgan fingerprint density at radius 3 is 2.94 bits per heavy atom. The summed E-state index contributed by atoms with van der Waals surface area (Å²) in [5.41, 5.74) is 0. The first-order chi connectivity index (χ1) is 8.72. The Labute approximate surface area is 110 Å². The average Bonchev–Trinajstić information content (AvgIpc) is 2.87. The number of ether oxygens (including phenoxy) is 1. The van der Waals surface area contributed by atoms with Gasteiger partial charge in [0, 0.05) is 11.4 Å². The topological polar surface area (TPSA) is 67.4 Å². The Balaban J connectivity index is 2.06. The summed E-state index contributed by atoms with van der Waals surface area (Å²) >= 11 is 1.65. The summed E-state index contributed by atoms with van der Waals surface area (Å²) < 4.78 is 4.66. The van der Waals surface area contributed by atoms with Crippen LogP contribution in [0.2, 0.25) is 0 Å². The van der Waals surface area contributed by atoms with Crippen molar-refractivity contribution in [2.75, 3.05) is 19.7 Å². The Kier molecular flexibility index (Phi) is 6.56. The third-order valence-corrected chi connectivity index (χ3v) is 2.94. The molecule has 1 aromatic heterocycles. The molecule has 0 unspecified atom stereocenters. The van der Waals surface area contributed by atoms with E-state index in [0.717, 1.165) is 6.42 Å². The van der Waals surface area contributed by atoms with Gasteiger partial charge in [-0.05, 0) is 17.9 Å². The molecule has 2 amide bonds. The highest BCUT2D eigenvalue weighted by atomic mass is 32.1. The van der Waals surface area contributed by atoms with E-state index < -0.39 is 6.09 Å². The van der Waals surface area contributed by atoms with Crippen molar-refractivity contribution in [3.63, 3.8) is 0 Å². The number of carbonyl (C=O) groups is 2. The molecule has 0 fully saturated rings. The van der Waals surface area contributed by atoms with Crippen LogP contribution in [0, 0.1) is 0 Å². The van der Waals surface area contributed by atoms with Crippen molar-refractivity contribution in [1.82, 2.24) is 10.6 Å². The summed E-state index contributed by atoms with van der Waals surface area (Å²) in [5.74, 6) is -0.234. The maximum absolute atomic E-state index is 11.4. The van der Waals surface area contributed by atoms with E-state index in [9.17, 15) is 9.59 Å². The van der Waals surface area contributed by atoms with Crippen LogP contribution in [0.3, 0.4) is 0 Å². The van der Waals surface area contributed by atoms with E-state index in [1.54, 1.807) is 11.3 Å². The molecule has 0 atom stereocenters. The molecular formula is C12H16N2O3S. The van der Waals surface area contributed by atoms with Gasteiger partial charge in [0.05, 0.1) is 6.54 Å². The van der Waals surface area contributed by atoms with Gasteiger partial charge in [0.1, 0.15) is 6.61 Å². The Morgan fingerprint density at radius 1 is 1.44 bits per heavy atom. The lowest BCUT2D eigenvalue weighted by molar-refractivity contribution is -0.120. The van der Waals surface area contributed by atoms with Gasteiger partial charge in [-0.1, -0.05) is 18.7 Å². The maximum Gasteiger partial charge on any atom is 0.407 e. The predicted molar refractivity (Wildman–Crippen MR) is 70.6 cm³/mol. The SMILES string of the molecule is C=CCOC(=O)NCC(=O)NCCc1cccs1. The predicted octanol–water partition coefficient (Wildman–Crippen LogP) is 1.32. The molecule has 1 heterocycles. The van der Waals surface area contributed by atoms with Crippen LogP contribution in [0.5, 0.6) is 0 Å². The van der Waals surface area contributed by atoms with E-state index in [1.807, 2.05) is 17.5 Å². The van der Waals surface area contributed by atoms with Crippen molar-refractivity contribution < 1.29 is 14.3 Å². The second kappa shape index (κ2) is 8.30. The zero-order chi connectivity index (χ0) is 13.2.